The molecule has 6 heteroatoms. The number of para-hydroxylation sites is 1. The molecule has 0 bridgehead atoms. The Bertz CT molecular complexity index is 913. The zero-order valence-corrected chi connectivity index (χ0v) is 13.7. The summed E-state index contributed by atoms with van der Waals surface area (Å²) in [5, 5.41) is 2.24. The first-order valence-corrected chi connectivity index (χ1v) is 7.88. The van der Waals surface area contributed by atoms with E-state index in [9.17, 15) is 14.4 Å². The Hall–Kier alpha value is -3.80. The van der Waals surface area contributed by atoms with Gasteiger partial charge in [-0.05, 0) is 36.4 Å². The number of carbonyl (C=O) groups excluding carboxylic acids is 3. The summed E-state index contributed by atoms with van der Waals surface area (Å²) < 4.78 is 0. The number of nitrogens with one attached hydrogen (secondary N) is 1. The smallest absolute Gasteiger partial charge is 0.273 e. The third-order valence-corrected chi connectivity index (χ3v) is 3.56. The Morgan fingerprint density at radius 3 is 2.00 bits per heavy atom. The molecule has 0 saturated heterocycles. The first-order chi connectivity index (χ1) is 12.7. The number of anilines is 1. The zero-order valence-electron chi connectivity index (χ0n) is 13.7. The number of hydrogen-bond donors (Lipinski definition) is 1. The van der Waals surface area contributed by atoms with Crippen molar-refractivity contribution in [1.29, 1.82) is 0 Å². The van der Waals surface area contributed by atoms with Crippen LogP contribution in [0.1, 0.15) is 20.8 Å². The van der Waals surface area contributed by atoms with Gasteiger partial charge in [-0.3, -0.25) is 19.9 Å². The highest BCUT2D eigenvalue weighted by molar-refractivity contribution is 6.23. The number of aromatic nitrogens is 1. The topological polar surface area (TPSA) is 79.4 Å². The zero-order chi connectivity index (χ0) is 18.4. The number of hydrogen-bond acceptors (Lipinski definition) is 4. The van der Waals surface area contributed by atoms with Crippen molar-refractivity contribution in [2.75, 3.05) is 4.90 Å². The number of amides is 4. The average Bonchev–Trinajstić information content (AvgIpc) is 2.70. The van der Waals surface area contributed by atoms with Crippen molar-refractivity contribution in [2.45, 2.75) is 0 Å². The van der Waals surface area contributed by atoms with Crippen LogP contribution >= 0.6 is 0 Å². The lowest BCUT2D eigenvalue weighted by Gasteiger charge is -2.20. The van der Waals surface area contributed by atoms with Crippen molar-refractivity contribution >= 4 is 23.5 Å². The highest BCUT2D eigenvalue weighted by atomic mass is 16.2. The predicted molar refractivity (Wildman–Crippen MR) is 96.8 cm³/mol. The molecule has 0 fully saturated rings. The SMILES string of the molecule is O=C(NC(=O)N(C(=O)c1ccccn1)c1ccccc1)c1ccccc1. The van der Waals surface area contributed by atoms with E-state index in [2.05, 4.69) is 10.3 Å². The first kappa shape index (κ1) is 17.0. The molecule has 3 aromatic rings. The number of pyridine rings is 1. The van der Waals surface area contributed by atoms with Gasteiger partial charge >= 0.3 is 6.03 Å². The van der Waals surface area contributed by atoms with E-state index >= 15 is 0 Å². The summed E-state index contributed by atoms with van der Waals surface area (Å²) in [7, 11) is 0. The Kier molecular flexibility index (Phi) is 5.14. The highest BCUT2D eigenvalue weighted by Crippen LogP contribution is 2.16. The number of nitrogens with zero attached hydrogens (tertiary/aromatic N) is 2. The molecule has 0 aliphatic carbocycles. The molecule has 0 radical (unpaired) electrons. The summed E-state index contributed by atoms with van der Waals surface area (Å²) in [6, 6.07) is 20.6. The summed E-state index contributed by atoms with van der Waals surface area (Å²) in [4.78, 5) is 42.6. The average molecular weight is 345 g/mol. The summed E-state index contributed by atoms with van der Waals surface area (Å²) in [6.45, 7) is 0. The minimum atomic E-state index is -0.847. The van der Waals surface area contributed by atoms with Gasteiger partial charge in [-0.25, -0.2) is 9.69 Å². The van der Waals surface area contributed by atoms with E-state index < -0.39 is 17.8 Å². The summed E-state index contributed by atoms with van der Waals surface area (Å²) in [5.41, 5.74) is 0.749. The molecule has 1 aromatic heterocycles. The molecule has 0 unspecified atom stereocenters. The highest BCUT2D eigenvalue weighted by Gasteiger charge is 2.27. The van der Waals surface area contributed by atoms with E-state index in [1.54, 1.807) is 72.8 Å². The molecule has 0 aliphatic heterocycles. The Morgan fingerprint density at radius 2 is 1.38 bits per heavy atom. The molecular weight excluding hydrogens is 330 g/mol. The molecule has 0 saturated carbocycles. The maximum Gasteiger partial charge on any atom is 0.335 e. The van der Waals surface area contributed by atoms with Crippen molar-refractivity contribution < 1.29 is 14.4 Å². The summed E-state index contributed by atoms with van der Waals surface area (Å²) >= 11 is 0. The molecule has 6 nitrogen and oxygen atoms in total. The number of imide groups is 2. The third-order valence-electron chi connectivity index (χ3n) is 3.56. The minimum Gasteiger partial charge on any atom is -0.273 e. The monoisotopic (exact) mass is 345 g/mol. The predicted octanol–water partition coefficient (Wildman–Crippen LogP) is 3.28. The van der Waals surface area contributed by atoms with Crippen LogP contribution in [0.2, 0.25) is 0 Å². The Labute approximate surface area is 150 Å². The fourth-order valence-electron chi connectivity index (χ4n) is 2.32. The van der Waals surface area contributed by atoms with Gasteiger partial charge in [0.05, 0.1) is 5.69 Å². The van der Waals surface area contributed by atoms with Crippen LogP contribution in [0.15, 0.2) is 85.1 Å². The van der Waals surface area contributed by atoms with Gasteiger partial charge in [0, 0.05) is 11.8 Å². The van der Waals surface area contributed by atoms with Gasteiger partial charge in [-0.2, -0.15) is 0 Å². The maximum atomic E-state index is 12.8. The van der Waals surface area contributed by atoms with Crippen LogP contribution in [0.5, 0.6) is 0 Å². The fraction of sp³-hybridized carbons (Fsp3) is 0. The lowest BCUT2D eigenvalue weighted by atomic mass is 10.2. The number of carbonyl (C=O) groups is 3. The molecule has 4 amide bonds. The molecule has 26 heavy (non-hydrogen) atoms. The normalized spacial score (nSPS) is 10.0. The molecular formula is C20H15N3O3. The number of benzene rings is 2. The van der Waals surface area contributed by atoms with Crippen molar-refractivity contribution in [2.24, 2.45) is 0 Å². The molecule has 1 heterocycles. The molecule has 0 atom stereocenters. The maximum absolute atomic E-state index is 12.8. The number of rotatable bonds is 3. The van der Waals surface area contributed by atoms with Gasteiger partial charge in [0.25, 0.3) is 11.8 Å². The van der Waals surface area contributed by atoms with Crippen LogP contribution in [-0.4, -0.2) is 22.8 Å². The van der Waals surface area contributed by atoms with Gasteiger partial charge < -0.3 is 0 Å². The Morgan fingerprint density at radius 1 is 0.769 bits per heavy atom. The first-order valence-electron chi connectivity index (χ1n) is 7.88. The summed E-state index contributed by atoms with van der Waals surface area (Å²) in [5.74, 6) is -1.22. The molecule has 0 aliphatic rings. The fourth-order valence-corrected chi connectivity index (χ4v) is 2.32. The quantitative estimate of drug-likeness (QED) is 0.790. The van der Waals surface area contributed by atoms with Gasteiger partial charge in [0.2, 0.25) is 0 Å². The van der Waals surface area contributed by atoms with E-state index in [4.69, 9.17) is 0 Å². The molecule has 1 N–H and O–H groups in total. The molecule has 3 rings (SSSR count). The van der Waals surface area contributed by atoms with E-state index in [0.29, 0.717) is 11.3 Å². The molecule has 2 aromatic carbocycles. The Balaban J connectivity index is 1.89. The van der Waals surface area contributed by atoms with Crippen LogP contribution in [0.25, 0.3) is 0 Å². The van der Waals surface area contributed by atoms with Crippen molar-refractivity contribution in [3.05, 3.63) is 96.3 Å². The second-order valence-electron chi connectivity index (χ2n) is 5.32. The summed E-state index contributed by atoms with van der Waals surface area (Å²) in [6.07, 6.45) is 1.46. The molecule has 0 spiro atoms. The van der Waals surface area contributed by atoms with Crippen LogP contribution in [0.4, 0.5) is 10.5 Å². The van der Waals surface area contributed by atoms with Gasteiger partial charge in [-0.1, -0.05) is 42.5 Å². The standard InChI is InChI=1S/C20H15N3O3/c24-18(15-9-3-1-4-10-15)22-20(26)23(16-11-5-2-6-12-16)19(25)17-13-7-8-14-21-17/h1-14H,(H,22,24,26). The lowest BCUT2D eigenvalue weighted by Crippen LogP contribution is -2.46. The van der Waals surface area contributed by atoms with Crippen molar-refractivity contribution in [3.63, 3.8) is 0 Å². The largest absolute Gasteiger partial charge is 0.335 e. The van der Waals surface area contributed by atoms with E-state index in [1.165, 1.54) is 12.3 Å². The van der Waals surface area contributed by atoms with Crippen molar-refractivity contribution in [1.82, 2.24) is 10.3 Å². The second kappa shape index (κ2) is 7.85. The minimum absolute atomic E-state index is 0.0960. The van der Waals surface area contributed by atoms with E-state index in [-0.39, 0.29) is 5.69 Å². The lowest BCUT2D eigenvalue weighted by molar-refractivity contribution is 0.0958. The van der Waals surface area contributed by atoms with Gasteiger partial charge in [-0.15, -0.1) is 0 Å². The third kappa shape index (κ3) is 3.81. The van der Waals surface area contributed by atoms with Crippen LogP contribution < -0.4 is 10.2 Å². The molecule has 128 valence electrons. The van der Waals surface area contributed by atoms with Gasteiger partial charge in [0.1, 0.15) is 5.69 Å². The number of urea groups is 1. The van der Waals surface area contributed by atoms with Gasteiger partial charge in [0.15, 0.2) is 0 Å². The van der Waals surface area contributed by atoms with E-state index in [1.807, 2.05) is 0 Å². The van der Waals surface area contributed by atoms with Crippen LogP contribution in [0, 0.1) is 0 Å². The second-order valence-corrected chi connectivity index (χ2v) is 5.32. The van der Waals surface area contributed by atoms with Crippen molar-refractivity contribution in [3.8, 4) is 0 Å². The van der Waals surface area contributed by atoms with Crippen LogP contribution in [0.3, 0.4) is 0 Å². The van der Waals surface area contributed by atoms with E-state index in [0.717, 1.165) is 4.90 Å². The van der Waals surface area contributed by atoms with Crippen LogP contribution in [-0.2, 0) is 0 Å².